The zero-order valence-electron chi connectivity index (χ0n) is 11.5. The lowest BCUT2D eigenvalue weighted by atomic mass is 9.70. The summed E-state index contributed by atoms with van der Waals surface area (Å²) >= 11 is 0. The van der Waals surface area contributed by atoms with Crippen LogP contribution < -0.4 is 5.32 Å². The molecular weight excluding hydrogens is 208 g/mol. The Labute approximate surface area is 105 Å². The van der Waals surface area contributed by atoms with Gasteiger partial charge in [0.2, 0.25) is 0 Å². The molecule has 1 fully saturated rings. The Balaban J connectivity index is 2.03. The maximum atomic E-state index is 4.20. The molecule has 1 heterocycles. The van der Waals surface area contributed by atoms with Crippen molar-refractivity contribution in [1.29, 1.82) is 0 Å². The summed E-state index contributed by atoms with van der Waals surface area (Å²) in [5, 5.41) is 3.67. The van der Waals surface area contributed by atoms with Crippen molar-refractivity contribution in [2.75, 3.05) is 5.32 Å². The van der Waals surface area contributed by atoms with Gasteiger partial charge in [-0.05, 0) is 49.1 Å². The van der Waals surface area contributed by atoms with Crippen LogP contribution in [0, 0.1) is 18.3 Å². The smallest absolute Gasteiger partial charge is 0.0558 e. The standard InChI is InChI=1S/C15H24N2/c1-11-6-8-16-10-14(11)17-13-5-7-15(3,4)9-12(13)2/h6,8,10,12-13,17H,5,7,9H2,1-4H3. The lowest BCUT2D eigenvalue weighted by Crippen LogP contribution is -2.37. The molecule has 1 aromatic heterocycles. The maximum Gasteiger partial charge on any atom is 0.0558 e. The van der Waals surface area contributed by atoms with Crippen LogP contribution in [-0.2, 0) is 0 Å². The molecule has 2 unspecified atom stereocenters. The molecule has 0 spiro atoms. The van der Waals surface area contributed by atoms with Crippen molar-refractivity contribution in [3.05, 3.63) is 24.0 Å². The van der Waals surface area contributed by atoms with E-state index in [1.165, 1.54) is 30.5 Å². The number of hydrogen-bond acceptors (Lipinski definition) is 2. The number of aromatic nitrogens is 1. The summed E-state index contributed by atoms with van der Waals surface area (Å²) in [5.74, 6) is 0.735. The molecule has 1 saturated carbocycles. The van der Waals surface area contributed by atoms with E-state index in [1.54, 1.807) is 0 Å². The maximum absolute atomic E-state index is 4.20. The van der Waals surface area contributed by atoms with Gasteiger partial charge in [-0.25, -0.2) is 0 Å². The summed E-state index contributed by atoms with van der Waals surface area (Å²) in [6.07, 6.45) is 7.69. The van der Waals surface area contributed by atoms with Crippen LogP contribution in [-0.4, -0.2) is 11.0 Å². The molecule has 1 aliphatic rings. The first-order valence-corrected chi connectivity index (χ1v) is 6.65. The highest BCUT2D eigenvalue weighted by Crippen LogP contribution is 2.39. The molecule has 0 saturated heterocycles. The lowest BCUT2D eigenvalue weighted by Gasteiger charge is -2.40. The Hall–Kier alpha value is -1.05. The van der Waals surface area contributed by atoms with Gasteiger partial charge in [0.05, 0.1) is 11.9 Å². The minimum atomic E-state index is 0.515. The van der Waals surface area contributed by atoms with Crippen LogP contribution in [0.15, 0.2) is 18.5 Å². The van der Waals surface area contributed by atoms with Crippen molar-refractivity contribution in [3.63, 3.8) is 0 Å². The molecule has 0 aromatic carbocycles. The van der Waals surface area contributed by atoms with E-state index in [2.05, 4.69) is 44.1 Å². The minimum absolute atomic E-state index is 0.515. The van der Waals surface area contributed by atoms with Crippen molar-refractivity contribution in [1.82, 2.24) is 4.98 Å². The fourth-order valence-electron chi connectivity index (χ4n) is 2.98. The van der Waals surface area contributed by atoms with E-state index in [-0.39, 0.29) is 0 Å². The number of nitrogens with one attached hydrogen (secondary N) is 1. The summed E-state index contributed by atoms with van der Waals surface area (Å²) in [6, 6.07) is 2.67. The van der Waals surface area contributed by atoms with Crippen LogP contribution >= 0.6 is 0 Å². The van der Waals surface area contributed by atoms with Crippen LogP contribution in [0.1, 0.15) is 45.6 Å². The third-order valence-electron chi connectivity index (χ3n) is 4.07. The van der Waals surface area contributed by atoms with E-state index in [9.17, 15) is 0 Å². The van der Waals surface area contributed by atoms with Gasteiger partial charge in [-0.1, -0.05) is 20.8 Å². The fourth-order valence-corrected chi connectivity index (χ4v) is 2.98. The molecule has 0 radical (unpaired) electrons. The number of aryl methyl sites for hydroxylation is 1. The third kappa shape index (κ3) is 2.99. The van der Waals surface area contributed by atoms with Crippen molar-refractivity contribution >= 4 is 5.69 Å². The Bertz CT molecular complexity index is 384. The van der Waals surface area contributed by atoms with Crippen LogP contribution in [0.4, 0.5) is 5.69 Å². The third-order valence-corrected chi connectivity index (χ3v) is 4.07. The van der Waals surface area contributed by atoms with E-state index in [0.29, 0.717) is 11.5 Å². The van der Waals surface area contributed by atoms with Crippen LogP contribution in [0.2, 0.25) is 0 Å². The number of hydrogen-bond donors (Lipinski definition) is 1. The first-order chi connectivity index (χ1) is 7.98. The van der Waals surface area contributed by atoms with Crippen molar-refractivity contribution in [2.24, 2.45) is 11.3 Å². The summed E-state index contributed by atoms with van der Waals surface area (Å²) < 4.78 is 0. The first-order valence-electron chi connectivity index (χ1n) is 6.65. The average molecular weight is 232 g/mol. The van der Waals surface area contributed by atoms with Crippen molar-refractivity contribution < 1.29 is 0 Å². The predicted molar refractivity (Wildman–Crippen MR) is 73.2 cm³/mol. The van der Waals surface area contributed by atoms with Gasteiger partial charge >= 0.3 is 0 Å². The Morgan fingerprint density at radius 3 is 2.82 bits per heavy atom. The van der Waals surface area contributed by atoms with Crippen LogP contribution in [0.5, 0.6) is 0 Å². The van der Waals surface area contributed by atoms with E-state index in [1.807, 2.05) is 12.4 Å². The van der Waals surface area contributed by atoms with Crippen molar-refractivity contribution in [2.45, 2.75) is 53.0 Å². The predicted octanol–water partition coefficient (Wildman–Crippen LogP) is 4.02. The highest BCUT2D eigenvalue weighted by Gasteiger charge is 2.32. The van der Waals surface area contributed by atoms with Gasteiger partial charge in [-0.15, -0.1) is 0 Å². The van der Waals surface area contributed by atoms with E-state index < -0.39 is 0 Å². The topological polar surface area (TPSA) is 24.9 Å². The first kappa shape index (κ1) is 12.4. The summed E-state index contributed by atoms with van der Waals surface area (Å²) in [4.78, 5) is 4.20. The average Bonchev–Trinajstić information content (AvgIpc) is 2.24. The van der Waals surface area contributed by atoms with E-state index in [4.69, 9.17) is 0 Å². The summed E-state index contributed by atoms with van der Waals surface area (Å²) in [7, 11) is 0. The fraction of sp³-hybridized carbons (Fsp3) is 0.667. The molecule has 1 aliphatic carbocycles. The van der Waals surface area contributed by atoms with Gasteiger partial charge in [0.25, 0.3) is 0 Å². The molecule has 17 heavy (non-hydrogen) atoms. The molecule has 2 atom stereocenters. The molecular formula is C15H24N2. The number of anilines is 1. The number of nitrogens with zero attached hydrogens (tertiary/aromatic N) is 1. The molecule has 0 bridgehead atoms. The SMILES string of the molecule is Cc1ccncc1NC1CCC(C)(C)CC1C. The Kier molecular flexibility index (Phi) is 3.41. The quantitative estimate of drug-likeness (QED) is 0.833. The van der Waals surface area contributed by atoms with Gasteiger partial charge in [0.1, 0.15) is 0 Å². The Morgan fingerprint density at radius 1 is 1.41 bits per heavy atom. The van der Waals surface area contributed by atoms with Gasteiger partial charge in [0, 0.05) is 12.2 Å². The highest BCUT2D eigenvalue weighted by atomic mass is 14.9. The lowest BCUT2D eigenvalue weighted by molar-refractivity contribution is 0.177. The second-order valence-electron chi connectivity index (χ2n) is 6.33. The van der Waals surface area contributed by atoms with Gasteiger partial charge in [0.15, 0.2) is 0 Å². The summed E-state index contributed by atoms with van der Waals surface area (Å²) in [5.41, 5.74) is 3.00. The monoisotopic (exact) mass is 232 g/mol. The second-order valence-corrected chi connectivity index (χ2v) is 6.33. The molecule has 2 rings (SSSR count). The second kappa shape index (κ2) is 4.67. The van der Waals surface area contributed by atoms with Gasteiger partial charge in [-0.2, -0.15) is 0 Å². The minimum Gasteiger partial charge on any atom is -0.381 e. The normalized spacial score (nSPS) is 27.8. The number of rotatable bonds is 2. The molecule has 1 aromatic rings. The molecule has 0 amide bonds. The Morgan fingerprint density at radius 2 is 2.18 bits per heavy atom. The molecule has 2 heteroatoms. The zero-order valence-corrected chi connectivity index (χ0v) is 11.5. The number of pyridine rings is 1. The highest BCUT2D eigenvalue weighted by molar-refractivity contribution is 5.48. The van der Waals surface area contributed by atoms with Crippen molar-refractivity contribution in [3.8, 4) is 0 Å². The molecule has 1 N–H and O–H groups in total. The van der Waals surface area contributed by atoms with Gasteiger partial charge in [-0.3, -0.25) is 4.98 Å². The van der Waals surface area contributed by atoms with Crippen LogP contribution in [0.25, 0.3) is 0 Å². The van der Waals surface area contributed by atoms with E-state index in [0.717, 1.165) is 5.92 Å². The molecule has 94 valence electrons. The van der Waals surface area contributed by atoms with Crippen LogP contribution in [0.3, 0.4) is 0 Å². The van der Waals surface area contributed by atoms with Gasteiger partial charge < -0.3 is 5.32 Å². The van der Waals surface area contributed by atoms with E-state index >= 15 is 0 Å². The molecule has 2 nitrogen and oxygen atoms in total. The largest absolute Gasteiger partial charge is 0.381 e. The molecule has 0 aliphatic heterocycles. The summed E-state index contributed by atoms with van der Waals surface area (Å²) in [6.45, 7) is 9.27. The zero-order chi connectivity index (χ0) is 12.5.